The highest BCUT2D eigenvalue weighted by atomic mass is 79.9. The molecule has 2 nitrogen and oxygen atoms in total. The van der Waals surface area contributed by atoms with Crippen molar-refractivity contribution in [1.29, 1.82) is 0 Å². The van der Waals surface area contributed by atoms with Gasteiger partial charge in [-0.15, -0.1) is 0 Å². The molecule has 1 atom stereocenters. The van der Waals surface area contributed by atoms with Crippen LogP contribution in [-0.4, -0.2) is 13.2 Å². The van der Waals surface area contributed by atoms with Gasteiger partial charge in [0.05, 0.1) is 7.11 Å². The molecule has 0 heterocycles. The summed E-state index contributed by atoms with van der Waals surface area (Å²) in [5.41, 5.74) is 7.30. The minimum atomic E-state index is 0.183. The summed E-state index contributed by atoms with van der Waals surface area (Å²) in [6.07, 6.45) is 1.97. The van der Waals surface area contributed by atoms with Crippen molar-refractivity contribution < 1.29 is 4.74 Å². The van der Waals surface area contributed by atoms with Crippen LogP contribution in [0.25, 0.3) is 0 Å². The van der Waals surface area contributed by atoms with Crippen LogP contribution in [0.3, 0.4) is 0 Å². The Morgan fingerprint density at radius 2 is 2.06 bits per heavy atom. The van der Waals surface area contributed by atoms with E-state index in [4.69, 9.17) is 10.5 Å². The van der Waals surface area contributed by atoms with E-state index in [2.05, 4.69) is 42.8 Å². The zero-order valence-electron chi connectivity index (χ0n) is 11.1. The molecule has 1 aromatic carbocycles. The van der Waals surface area contributed by atoms with Crippen LogP contribution in [0, 0.1) is 5.41 Å². The van der Waals surface area contributed by atoms with Crippen molar-refractivity contribution >= 4 is 15.9 Å². The number of rotatable bonds is 5. The molecule has 3 heteroatoms. The van der Waals surface area contributed by atoms with Crippen molar-refractivity contribution in [3.63, 3.8) is 0 Å². The topological polar surface area (TPSA) is 35.2 Å². The average molecular weight is 300 g/mol. The summed E-state index contributed by atoms with van der Waals surface area (Å²) < 4.78 is 6.49. The van der Waals surface area contributed by atoms with Crippen LogP contribution in [-0.2, 0) is 6.42 Å². The summed E-state index contributed by atoms with van der Waals surface area (Å²) in [4.78, 5) is 0. The van der Waals surface area contributed by atoms with E-state index in [0.717, 1.165) is 23.1 Å². The molecule has 17 heavy (non-hydrogen) atoms. The zero-order chi connectivity index (χ0) is 13.1. The van der Waals surface area contributed by atoms with Gasteiger partial charge in [-0.05, 0) is 48.9 Å². The van der Waals surface area contributed by atoms with E-state index in [9.17, 15) is 0 Å². The molecule has 0 radical (unpaired) electrons. The fourth-order valence-corrected chi connectivity index (χ4v) is 2.75. The Hall–Kier alpha value is -0.540. The predicted octanol–water partition coefficient (Wildman–Crippen LogP) is 3.76. The Morgan fingerprint density at radius 3 is 2.59 bits per heavy atom. The Balaban J connectivity index is 2.89. The van der Waals surface area contributed by atoms with Crippen molar-refractivity contribution in [1.82, 2.24) is 0 Å². The minimum absolute atomic E-state index is 0.183. The Bertz CT molecular complexity index is 374. The van der Waals surface area contributed by atoms with Gasteiger partial charge in [0, 0.05) is 10.5 Å². The first kappa shape index (κ1) is 14.5. The van der Waals surface area contributed by atoms with E-state index in [1.165, 1.54) is 5.56 Å². The molecule has 0 saturated heterocycles. The van der Waals surface area contributed by atoms with E-state index >= 15 is 0 Å². The molecule has 0 aliphatic carbocycles. The molecule has 2 N–H and O–H groups in total. The maximum absolute atomic E-state index is 5.89. The lowest BCUT2D eigenvalue weighted by molar-refractivity contribution is 0.303. The minimum Gasteiger partial charge on any atom is -0.496 e. The van der Waals surface area contributed by atoms with Gasteiger partial charge in [-0.1, -0.05) is 29.8 Å². The molecule has 0 amide bonds. The standard InChI is InChI=1S/C14H22BrNO/c1-10(16)8-14(2,3)9-11-7-12(15)5-6-13(11)17-4/h5-7,10H,8-9,16H2,1-4H3. The highest BCUT2D eigenvalue weighted by molar-refractivity contribution is 9.10. The Kier molecular flexibility index (Phi) is 5.02. The average Bonchev–Trinajstić information content (AvgIpc) is 2.14. The monoisotopic (exact) mass is 299 g/mol. The second-order valence-electron chi connectivity index (χ2n) is 5.48. The molecular weight excluding hydrogens is 278 g/mol. The molecule has 96 valence electrons. The first-order valence-corrected chi connectivity index (χ1v) is 6.71. The lowest BCUT2D eigenvalue weighted by Crippen LogP contribution is -2.26. The van der Waals surface area contributed by atoms with E-state index in [0.29, 0.717) is 0 Å². The van der Waals surface area contributed by atoms with Gasteiger partial charge in [-0.25, -0.2) is 0 Å². The fourth-order valence-electron chi connectivity index (χ4n) is 2.34. The third-order valence-corrected chi connectivity index (χ3v) is 3.28. The molecule has 1 rings (SSSR count). The van der Waals surface area contributed by atoms with Gasteiger partial charge in [0.2, 0.25) is 0 Å². The highest BCUT2D eigenvalue weighted by Gasteiger charge is 2.22. The van der Waals surface area contributed by atoms with Crippen molar-refractivity contribution in [3.8, 4) is 5.75 Å². The van der Waals surface area contributed by atoms with Gasteiger partial charge in [-0.3, -0.25) is 0 Å². The molecule has 0 aliphatic heterocycles. The maximum atomic E-state index is 5.89. The molecule has 1 aromatic rings. The molecule has 0 saturated carbocycles. The number of benzene rings is 1. The summed E-state index contributed by atoms with van der Waals surface area (Å²) in [5.74, 6) is 0.950. The number of methoxy groups -OCH3 is 1. The van der Waals surface area contributed by atoms with Crippen LogP contribution in [0.4, 0.5) is 0 Å². The summed E-state index contributed by atoms with van der Waals surface area (Å²) in [6, 6.07) is 6.35. The lowest BCUT2D eigenvalue weighted by atomic mass is 9.80. The maximum Gasteiger partial charge on any atom is 0.122 e. The van der Waals surface area contributed by atoms with Crippen LogP contribution < -0.4 is 10.5 Å². The number of ether oxygens (including phenoxy) is 1. The third kappa shape index (κ3) is 4.68. The van der Waals surface area contributed by atoms with E-state index < -0.39 is 0 Å². The van der Waals surface area contributed by atoms with Gasteiger partial charge in [-0.2, -0.15) is 0 Å². The molecule has 0 aromatic heterocycles. The van der Waals surface area contributed by atoms with Crippen LogP contribution in [0.2, 0.25) is 0 Å². The number of halogens is 1. The van der Waals surface area contributed by atoms with Gasteiger partial charge in [0.25, 0.3) is 0 Å². The van der Waals surface area contributed by atoms with Crippen molar-refractivity contribution in [3.05, 3.63) is 28.2 Å². The van der Waals surface area contributed by atoms with Crippen molar-refractivity contribution in [2.75, 3.05) is 7.11 Å². The SMILES string of the molecule is COc1ccc(Br)cc1CC(C)(C)CC(C)N. The quantitative estimate of drug-likeness (QED) is 0.898. The van der Waals surface area contributed by atoms with Gasteiger partial charge < -0.3 is 10.5 Å². The molecule has 0 aliphatic rings. The summed E-state index contributed by atoms with van der Waals surface area (Å²) in [5, 5.41) is 0. The molecular formula is C14H22BrNO. The second-order valence-corrected chi connectivity index (χ2v) is 6.39. The summed E-state index contributed by atoms with van der Waals surface area (Å²) in [7, 11) is 1.71. The summed E-state index contributed by atoms with van der Waals surface area (Å²) >= 11 is 3.50. The van der Waals surface area contributed by atoms with Crippen LogP contribution in [0.5, 0.6) is 5.75 Å². The molecule has 0 fully saturated rings. The highest BCUT2D eigenvalue weighted by Crippen LogP contribution is 2.32. The molecule has 0 spiro atoms. The smallest absolute Gasteiger partial charge is 0.122 e. The lowest BCUT2D eigenvalue weighted by Gasteiger charge is -2.27. The fraction of sp³-hybridized carbons (Fsp3) is 0.571. The van der Waals surface area contributed by atoms with E-state index in [1.54, 1.807) is 7.11 Å². The first-order chi connectivity index (χ1) is 7.84. The number of nitrogens with two attached hydrogens (primary N) is 1. The normalized spacial score (nSPS) is 13.5. The second kappa shape index (κ2) is 5.87. The molecule has 1 unspecified atom stereocenters. The van der Waals surface area contributed by atoms with Crippen LogP contribution in [0.15, 0.2) is 22.7 Å². The van der Waals surface area contributed by atoms with E-state index in [1.807, 2.05) is 12.1 Å². The molecule has 0 bridgehead atoms. The van der Waals surface area contributed by atoms with Gasteiger partial charge >= 0.3 is 0 Å². The number of hydrogen-bond acceptors (Lipinski definition) is 2. The van der Waals surface area contributed by atoms with Gasteiger partial charge in [0.15, 0.2) is 0 Å². The van der Waals surface area contributed by atoms with Gasteiger partial charge in [0.1, 0.15) is 5.75 Å². The Labute approximate surface area is 113 Å². The zero-order valence-corrected chi connectivity index (χ0v) is 12.7. The van der Waals surface area contributed by atoms with Crippen LogP contribution >= 0.6 is 15.9 Å². The predicted molar refractivity (Wildman–Crippen MR) is 76.4 cm³/mol. The summed E-state index contributed by atoms with van der Waals surface area (Å²) in [6.45, 7) is 6.55. The van der Waals surface area contributed by atoms with E-state index in [-0.39, 0.29) is 11.5 Å². The Morgan fingerprint density at radius 1 is 1.41 bits per heavy atom. The van der Waals surface area contributed by atoms with Crippen molar-refractivity contribution in [2.24, 2.45) is 11.1 Å². The van der Waals surface area contributed by atoms with Crippen molar-refractivity contribution in [2.45, 2.75) is 39.7 Å². The third-order valence-electron chi connectivity index (χ3n) is 2.79. The number of hydrogen-bond donors (Lipinski definition) is 1. The largest absolute Gasteiger partial charge is 0.496 e. The first-order valence-electron chi connectivity index (χ1n) is 5.92. The van der Waals surface area contributed by atoms with Crippen LogP contribution in [0.1, 0.15) is 32.8 Å².